The summed E-state index contributed by atoms with van der Waals surface area (Å²) < 4.78 is 0. The van der Waals surface area contributed by atoms with Gasteiger partial charge >= 0.3 is 0 Å². The van der Waals surface area contributed by atoms with Crippen LogP contribution in [-0.4, -0.2) is 6.04 Å². The van der Waals surface area contributed by atoms with Crippen molar-refractivity contribution in [1.82, 2.24) is 5.32 Å². The van der Waals surface area contributed by atoms with Crippen molar-refractivity contribution in [3.63, 3.8) is 0 Å². The molecule has 1 aliphatic carbocycles. The van der Waals surface area contributed by atoms with Gasteiger partial charge in [0.25, 0.3) is 0 Å². The molecule has 1 fully saturated rings. The van der Waals surface area contributed by atoms with Gasteiger partial charge < -0.3 is 5.32 Å². The maximum atomic E-state index is 3.63. The topological polar surface area (TPSA) is 12.0 Å². The molecule has 0 amide bonds. The van der Waals surface area contributed by atoms with Crippen molar-refractivity contribution in [2.75, 3.05) is 0 Å². The van der Waals surface area contributed by atoms with E-state index in [1.54, 1.807) is 0 Å². The van der Waals surface area contributed by atoms with Crippen LogP contribution in [0.3, 0.4) is 0 Å². The second kappa shape index (κ2) is 6.27. The number of hydrogen-bond acceptors (Lipinski definition) is 1. The van der Waals surface area contributed by atoms with Crippen molar-refractivity contribution >= 4 is 12.4 Å². The van der Waals surface area contributed by atoms with Gasteiger partial charge in [-0.25, -0.2) is 0 Å². The van der Waals surface area contributed by atoms with Crippen molar-refractivity contribution in [2.45, 2.75) is 45.7 Å². The van der Waals surface area contributed by atoms with Crippen LogP contribution < -0.4 is 5.32 Å². The van der Waals surface area contributed by atoms with Crippen molar-refractivity contribution in [2.24, 2.45) is 5.92 Å². The van der Waals surface area contributed by atoms with Crippen LogP contribution in [0.15, 0.2) is 24.3 Å². The lowest BCUT2D eigenvalue weighted by molar-refractivity contribution is 0.599. The lowest BCUT2D eigenvalue weighted by Gasteiger charge is -2.04. The van der Waals surface area contributed by atoms with Crippen molar-refractivity contribution in [3.05, 3.63) is 35.4 Å². The van der Waals surface area contributed by atoms with E-state index in [0.717, 1.165) is 18.5 Å². The van der Waals surface area contributed by atoms with E-state index in [2.05, 4.69) is 43.4 Å². The van der Waals surface area contributed by atoms with Crippen LogP contribution in [0, 0.1) is 12.8 Å². The zero-order chi connectivity index (χ0) is 10.7. The maximum absolute atomic E-state index is 3.63. The Bertz CT molecular complexity index is 307. The quantitative estimate of drug-likeness (QED) is 0.827. The minimum atomic E-state index is 0. The van der Waals surface area contributed by atoms with Gasteiger partial charge in [0.05, 0.1) is 0 Å². The SMILES string of the molecule is CCCC1CC1NCc1ccc(C)cc1.Cl. The molecule has 0 bridgehead atoms. The highest BCUT2D eigenvalue weighted by Crippen LogP contribution is 2.34. The van der Waals surface area contributed by atoms with E-state index in [-0.39, 0.29) is 12.4 Å². The summed E-state index contributed by atoms with van der Waals surface area (Å²) in [7, 11) is 0. The summed E-state index contributed by atoms with van der Waals surface area (Å²) in [5, 5.41) is 3.63. The summed E-state index contributed by atoms with van der Waals surface area (Å²) in [6, 6.07) is 9.62. The molecule has 2 unspecified atom stereocenters. The Kier molecular flexibility index (Phi) is 5.30. The average molecular weight is 240 g/mol. The Morgan fingerprint density at radius 2 is 1.94 bits per heavy atom. The lowest BCUT2D eigenvalue weighted by atomic mass is 10.1. The molecule has 90 valence electrons. The van der Waals surface area contributed by atoms with Crippen LogP contribution >= 0.6 is 12.4 Å². The third kappa shape index (κ3) is 3.80. The van der Waals surface area contributed by atoms with Gasteiger partial charge in [0.2, 0.25) is 0 Å². The Labute approximate surface area is 105 Å². The van der Waals surface area contributed by atoms with Crippen LogP contribution in [-0.2, 0) is 6.54 Å². The number of rotatable bonds is 5. The van der Waals surface area contributed by atoms with E-state index >= 15 is 0 Å². The van der Waals surface area contributed by atoms with E-state index in [4.69, 9.17) is 0 Å². The summed E-state index contributed by atoms with van der Waals surface area (Å²) in [4.78, 5) is 0. The maximum Gasteiger partial charge on any atom is 0.0208 e. The van der Waals surface area contributed by atoms with Crippen molar-refractivity contribution in [3.8, 4) is 0 Å². The van der Waals surface area contributed by atoms with Gasteiger partial charge in [0.15, 0.2) is 0 Å². The van der Waals surface area contributed by atoms with Crippen LogP contribution in [0.2, 0.25) is 0 Å². The summed E-state index contributed by atoms with van der Waals surface area (Å²) in [6.07, 6.45) is 4.11. The summed E-state index contributed by atoms with van der Waals surface area (Å²) in [6.45, 7) is 5.44. The molecule has 1 aromatic rings. The molecule has 0 heterocycles. The first-order valence-corrected chi connectivity index (χ1v) is 6.08. The van der Waals surface area contributed by atoms with E-state index in [9.17, 15) is 0 Å². The molecular weight excluding hydrogens is 218 g/mol. The number of halogens is 1. The highest BCUT2D eigenvalue weighted by atomic mass is 35.5. The minimum absolute atomic E-state index is 0. The molecule has 0 aliphatic heterocycles. The third-order valence-electron chi connectivity index (χ3n) is 3.27. The molecule has 2 atom stereocenters. The molecule has 1 aliphatic rings. The molecule has 2 heteroatoms. The predicted molar refractivity (Wildman–Crippen MR) is 72.1 cm³/mol. The zero-order valence-electron chi connectivity index (χ0n) is 10.2. The van der Waals surface area contributed by atoms with Gasteiger partial charge in [-0.3, -0.25) is 0 Å². The van der Waals surface area contributed by atoms with E-state index in [1.807, 2.05) is 0 Å². The average Bonchev–Trinajstić information content (AvgIpc) is 2.97. The molecule has 1 saturated carbocycles. The van der Waals surface area contributed by atoms with Gasteiger partial charge in [-0.05, 0) is 31.2 Å². The fourth-order valence-electron chi connectivity index (χ4n) is 2.14. The number of aryl methyl sites for hydroxylation is 1. The highest BCUT2D eigenvalue weighted by molar-refractivity contribution is 5.85. The Morgan fingerprint density at radius 1 is 1.25 bits per heavy atom. The minimum Gasteiger partial charge on any atom is -0.310 e. The molecule has 0 aromatic heterocycles. The van der Waals surface area contributed by atoms with Gasteiger partial charge in [0, 0.05) is 12.6 Å². The first kappa shape index (κ1) is 13.5. The molecule has 1 aromatic carbocycles. The molecule has 2 rings (SSSR count). The largest absolute Gasteiger partial charge is 0.310 e. The summed E-state index contributed by atoms with van der Waals surface area (Å²) in [5.74, 6) is 0.959. The molecule has 16 heavy (non-hydrogen) atoms. The lowest BCUT2D eigenvalue weighted by Crippen LogP contribution is -2.17. The fourth-order valence-corrected chi connectivity index (χ4v) is 2.14. The van der Waals surface area contributed by atoms with Gasteiger partial charge in [-0.1, -0.05) is 43.2 Å². The van der Waals surface area contributed by atoms with Crippen LogP contribution in [0.1, 0.15) is 37.3 Å². The molecular formula is C14H22ClN. The number of benzene rings is 1. The van der Waals surface area contributed by atoms with Gasteiger partial charge in [-0.2, -0.15) is 0 Å². The Morgan fingerprint density at radius 3 is 2.56 bits per heavy atom. The third-order valence-corrected chi connectivity index (χ3v) is 3.27. The molecule has 0 saturated heterocycles. The number of nitrogens with one attached hydrogen (secondary N) is 1. The molecule has 1 N–H and O–H groups in total. The monoisotopic (exact) mass is 239 g/mol. The van der Waals surface area contributed by atoms with Crippen molar-refractivity contribution < 1.29 is 0 Å². The van der Waals surface area contributed by atoms with E-state index < -0.39 is 0 Å². The normalized spacial score (nSPS) is 22.6. The molecule has 0 radical (unpaired) electrons. The standard InChI is InChI=1S/C14H21N.ClH/c1-3-4-13-9-14(13)15-10-12-7-5-11(2)6-8-12;/h5-8,13-15H,3-4,9-10H2,1-2H3;1H. The molecule has 1 nitrogen and oxygen atoms in total. The summed E-state index contributed by atoms with van der Waals surface area (Å²) in [5.41, 5.74) is 2.75. The second-order valence-electron chi connectivity index (χ2n) is 4.76. The Hall–Kier alpha value is -0.530. The number of hydrogen-bond donors (Lipinski definition) is 1. The van der Waals surface area contributed by atoms with Gasteiger partial charge in [-0.15, -0.1) is 12.4 Å². The van der Waals surface area contributed by atoms with Gasteiger partial charge in [0.1, 0.15) is 0 Å². The second-order valence-corrected chi connectivity index (χ2v) is 4.76. The predicted octanol–water partition coefficient (Wildman–Crippen LogP) is 3.70. The smallest absolute Gasteiger partial charge is 0.0208 e. The van der Waals surface area contributed by atoms with E-state index in [0.29, 0.717) is 0 Å². The summed E-state index contributed by atoms with van der Waals surface area (Å²) >= 11 is 0. The van der Waals surface area contributed by atoms with Crippen LogP contribution in [0.5, 0.6) is 0 Å². The first-order chi connectivity index (χ1) is 7.29. The van der Waals surface area contributed by atoms with Crippen molar-refractivity contribution in [1.29, 1.82) is 0 Å². The fraction of sp³-hybridized carbons (Fsp3) is 0.571. The first-order valence-electron chi connectivity index (χ1n) is 6.08. The van der Waals surface area contributed by atoms with E-state index in [1.165, 1.54) is 30.4 Å². The van der Waals surface area contributed by atoms with Crippen LogP contribution in [0.25, 0.3) is 0 Å². The highest BCUT2D eigenvalue weighted by Gasteiger charge is 2.35. The Balaban J connectivity index is 0.00000128. The van der Waals surface area contributed by atoms with Crippen LogP contribution in [0.4, 0.5) is 0 Å². The molecule has 0 spiro atoms. The zero-order valence-corrected chi connectivity index (χ0v) is 11.0.